The molecule has 6 aromatic carbocycles. The van der Waals surface area contributed by atoms with E-state index in [0.29, 0.717) is 17.5 Å². The van der Waals surface area contributed by atoms with Gasteiger partial charge in [-0.15, -0.1) is 0 Å². The lowest BCUT2D eigenvalue weighted by Crippen LogP contribution is -2.00. The van der Waals surface area contributed by atoms with Gasteiger partial charge in [-0.1, -0.05) is 127 Å². The number of aromatic nitrogens is 3. The van der Waals surface area contributed by atoms with E-state index in [1.165, 1.54) is 16.3 Å². The van der Waals surface area contributed by atoms with Crippen molar-refractivity contribution < 1.29 is 0 Å². The SMILES string of the molecule is c1ccc(-c2nc(-c3ccccc3)nc(-c3cccc4ccc(-c5ccc6ccccc6c5)cc34)n2)cc1. The van der Waals surface area contributed by atoms with Gasteiger partial charge in [0, 0.05) is 16.7 Å². The molecule has 0 saturated carbocycles. The third-order valence-corrected chi connectivity index (χ3v) is 6.91. The first-order chi connectivity index (χ1) is 18.8. The van der Waals surface area contributed by atoms with Gasteiger partial charge >= 0.3 is 0 Å². The molecule has 0 fully saturated rings. The maximum Gasteiger partial charge on any atom is 0.164 e. The lowest BCUT2D eigenvalue weighted by atomic mass is 9.96. The van der Waals surface area contributed by atoms with Gasteiger partial charge in [0.25, 0.3) is 0 Å². The van der Waals surface area contributed by atoms with Gasteiger partial charge in [-0.3, -0.25) is 0 Å². The molecule has 0 saturated heterocycles. The Morgan fingerprint density at radius 3 is 1.53 bits per heavy atom. The number of benzene rings is 6. The van der Waals surface area contributed by atoms with Gasteiger partial charge in [0.2, 0.25) is 0 Å². The van der Waals surface area contributed by atoms with E-state index in [4.69, 9.17) is 15.0 Å². The smallest absolute Gasteiger partial charge is 0.164 e. The Hall–Kier alpha value is -5.15. The summed E-state index contributed by atoms with van der Waals surface area (Å²) in [5.74, 6) is 1.99. The van der Waals surface area contributed by atoms with Gasteiger partial charge in [-0.2, -0.15) is 0 Å². The Morgan fingerprint density at radius 2 is 0.842 bits per heavy atom. The Morgan fingerprint density at radius 1 is 0.316 bits per heavy atom. The molecule has 0 aliphatic rings. The molecule has 0 radical (unpaired) electrons. The Balaban J connectivity index is 1.43. The topological polar surface area (TPSA) is 38.7 Å². The molecule has 1 heterocycles. The molecule has 3 heteroatoms. The van der Waals surface area contributed by atoms with Crippen molar-refractivity contribution in [2.75, 3.05) is 0 Å². The van der Waals surface area contributed by atoms with Gasteiger partial charge in [-0.05, 0) is 44.8 Å². The van der Waals surface area contributed by atoms with E-state index < -0.39 is 0 Å². The molecule has 0 unspecified atom stereocenters. The van der Waals surface area contributed by atoms with E-state index in [9.17, 15) is 0 Å². The Labute approximate surface area is 221 Å². The first-order valence-corrected chi connectivity index (χ1v) is 12.7. The van der Waals surface area contributed by atoms with E-state index in [0.717, 1.165) is 33.0 Å². The monoisotopic (exact) mass is 485 g/mol. The zero-order valence-corrected chi connectivity index (χ0v) is 20.6. The maximum atomic E-state index is 4.97. The molecule has 38 heavy (non-hydrogen) atoms. The van der Waals surface area contributed by atoms with Crippen LogP contribution in [0.5, 0.6) is 0 Å². The predicted molar refractivity (Wildman–Crippen MR) is 157 cm³/mol. The molecule has 0 spiro atoms. The van der Waals surface area contributed by atoms with Crippen LogP contribution in [-0.2, 0) is 0 Å². The summed E-state index contributed by atoms with van der Waals surface area (Å²) in [6, 6.07) is 48.2. The fourth-order valence-corrected chi connectivity index (χ4v) is 4.95. The zero-order chi connectivity index (χ0) is 25.3. The van der Waals surface area contributed by atoms with Gasteiger partial charge < -0.3 is 0 Å². The largest absolute Gasteiger partial charge is 0.208 e. The van der Waals surface area contributed by atoms with Crippen molar-refractivity contribution in [1.82, 2.24) is 15.0 Å². The molecule has 7 aromatic rings. The van der Waals surface area contributed by atoms with Crippen molar-refractivity contribution in [2.24, 2.45) is 0 Å². The zero-order valence-electron chi connectivity index (χ0n) is 20.6. The number of fused-ring (bicyclic) bond motifs is 2. The maximum absolute atomic E-state index is 4.97. The summed E-state index contributed by atoms with van der Waals surface area (Å²) >= 11 is 0. The van der Waals surface area contributed by atoms with Gasteiger partial charge in [0.05, 0.1) is 0 Å². The van der Waals surface area contributed by atoms with Crippen LogP contribution in [0, 0.1) is 0 Å². The van der Waals surface area contributed by atoms with Crippen molar-refractivity contribution in [1.29, 1.82) is 0 Å². The highest BCUT2D eigenvalue weighted by atomic mass is 15.0. The fraction of sp³-hybridized carbons (Fsp3) is 0. The van der Waals surface area contributed by atoms with E-state index in [1.807, 2.05) is 60.7 Å². The summed E-state index contributed by atoms with van der Waals surface area (Å²) in [7, 11) is 0. The normalized spacial score (nSPS) is 11.2. The average Bonchev–Trinajstić information content (AvgIpc) is 3.01. The predicted octanol–water partition coefficient (Wildman–Crippen LogP) is 8.85. The molecule has 3 nitrogen and oxygen atoms in total. The number of nitrogens with zero attached hydrogens (tertiary/aromatic N) is 3. The quantitative estimate of drug-likeness (QED) is 0.250. The number of hydrogen-bond donors (Lipinski definition) is 0. The summed E-state index contributed by atoms with van der Waals surface area (Å²) in [5, 5.41) is 4.73. The molecule has 0 N–H and O–H groups in total. The lowest BCUT2D eigenvalue weighted by Gasteiger charge is -2.12. The highest BCUT2D eigenvalue weighted by Gasteiger charge is 2.14. The molecule has 0 atom stereocenters. The van der Waals surface area contributed by atoms with Gasteiger partial charge in [-0.25, -0.2) is 15.0 Å². The second kappa shape index (κ2) is 9.38. The Kier molecular flexibility index (Phi) is 5.45. The molecular formula is C35H23N3. The van der Waals surface area contributed by atoms with Crippen LogP contribution in [0.2, 0.25) is 0 Å². The van der Waals surface area contributed by atoms with E-state index in [-0.39, 0.29) is 0 Å². The third-order valence-electron chi connectivity index (χ3n) is 6.91. The minimum atomic E-state index is 0.664. The summed E-state index contributed by atoms with van der Waals surface area (Å²) in [6.07, 6.45) is 0. The summed E-state index contributed by atoms with van der Waals surface area (Å²) < 4.78 is 0. The first-order valence-electron chi connectivity index (χ1n) is 12.7. The molecule has 7 rings (SSSR count). The van der Waals surface area contributed by atoms with Crippen molar-refractivity contribution in [3.63, 3.8) is 0 Å². The second-order valence-electron chi connectivity index (χ2n) is 9.34. The van der Waals surface area contributed by atoms with Crippen molar-refractivity contribution in [3.05, 3.63) is 140 Å². The van der Waals surface area contributed by atoms with Crippen LogP contribution in [0.25, 0.3) is 66.8 Å². The van der Waals surface area contributed by atoms with Crippen LogP contribution >= 0.6 is 0 Å². The van der Waals surface area contributed by atoms with Crippen LogP contribution < -0.4 is 0 Å². The molecule has 0 amide bonds. The minimum Gasteiger partial charge on any atom is -0.208 e. The fourth-order valence-electron chi connectivity index (χ4n) is 4.95. The van der Waals surface area contributed by atoms with Crippen molar-refractivity contribution in [2.45, 2.75) is 0 Å². The van der Waals surface area contributed by atoms with Crippen LogP contribution in [0.1, 0.15) is 0 Å². The summed E-state index contributed by atoms with van der Waals surface area (Å²) in [5.41, 5.74) is 5.26. The first kappa shape index (κ1) is 22.1. The third kappa shape index (κ3) is 4.10. The average molecular weight is 486 g/mol. The Bertz CT molecular complexity index is 1850. The molecule has 1 aromatic heterocycles. The highest BCUT2D eigenvalue weighted by Crippen LogP contribution is 2.33. The summed E-state index contributed by atoms with van der Waals surface area (Å²) in [6.45, 7) is 0. The van der Waals surface area contributed by atoms with E-state index in [2.05, 4.69) is 78.9 Å². The molecule has 178 valence electrons. The van der Waals surface area contributed by atoms with Crippen LogP contribution in [-0.4, -0.2) is 15.0 Å². The number of rotatable bonds is 4. The van der Waals surface area contributed by atoms with Crippen LogP contribution in [0.3, 0.4) is 0 Å². The second-order valence-corrected chi connectivity index (χ2v) is 9.34. The van der Waals surface area contributed by atoms with Crippen molar-refractivity contribution >= 4 is 21.5 Å². The molecular weight excluding hydrogens is 462 g/mol. The van der Waals surface area contributed by atoms with E-state index >= 15 is 0 Å². The summed E-state index contributed by atoms with van der Waals surface area (Å²) in [4.78, 5) is 14.8. The van der Waals surface area contributed by atoms with Crippen molar-refractivity contribution in [3.8, 4) is 45.3 Å². The van der Waals surface area contributed by atoms with E-state index in [1.54, 1.807) is 0 Å². The molecule has 0 aliphatic carbocycles. The van der Waals surface area contributed by atoms with Crippen LogP contribution in [0.15, 0.2) is 140 Å². The number of hydrogen-bond acceptors (Lipinski definition) is 3. The molecule has 0 bridgehead atoms. The van der Waals surface area contributed by atoms with Crippen LogP contribution in [0.4, 0.5) is 0 Å². The standard InChI is InChI=1S/C35H23N3/c1-3-11-26(12-4-1)33-36-34(27-13-5-2-6-14-27)38-35(37-33)31-17-9-16-25-19-21-30(23-32(25)31)29-20-18-24-10-7-8-15-28(24)22-29/h1-23H. The molecule has 0 aliphatic heterocycles. The van der Waals surface area contributed by atoms with Gasteiger partial charge in [0.1, 0.15) is 0 Å². The lowest BCUT2D eigenvalue weighted by molar-refractivity contribution is 1.08. The highest BCUT2D eigenvalue weighted by molar-refractivity contribution is 5.98. The van der Waals surface area contributed by atoms with Gasteiger partial charge in [0.15, 0.2) is 17.5 Å². The minimum absolute atomic E-state index is 0.664.